The van der Waals surface area contributed by atoms with Gasteiger partial charge in [-0.15, -0.1) is 0 Å². The summed E-state index contributed by atoms with van der Waals surface area (Å²) >= 11 is 0. The van der Waals surface area contributed by atoms with Crippen molar-refractivity contribution in [2.24, 2.45) is 11.8 Å². The summed E-state index contributed by atoms with van der Waals surface area (Å²) in [4.78, 5) is 12.3. The van der Waals surface area contributed by atoms with Crippen molar-refractivity contribution >= 4 is 30.6 Å². The first-order valence-corrected chi connectivity index (χ1v) is 9.97. The van der Waals surface area contributed by atoms with Gasteiger partial charge >= 0.3 is 0 Å². The SMILES string of the molecule is [B][B][C@@H]1O[C@H](COP(=O)([O-])OC2[C@@H](COC)O[C@@H]([B])[C@H]2C)C(OC)[C@@H]1C. The van der Waals surface area contributed by atoms with Crippen LogP contribution < -0.4 is 4.89 Å². The Hall–Kier alpha value is 0.145. The Bertz CT molecular complexity index is 501. The number of hydrogen-bond acceptors (Lipinski definition) is 8. The second-order valence-electron chi connectivity index (χ2n) is 6.66. The van der Waals surface area contributed by atoms with Crippen LogP contribution in [0.15, 0.2) is 0 Å². The molecule has 9 atom stereocenters. The van der Waals surface area contributed by atoms with Crippen molar-refractivity contribution in [3.8, 4) is 0 Å². The summed E-state index contributed by atoms with van der Waals surface area (Å²) in [6.07, 6.45) is -2.32. The van der Waals surface area contributed by atoms with Crippen LogP contribution in [-0.4, -0.2) is 86.6 Å². The van der Waals surface area contributed by atoms with Gasteiger partial charge in [0, 0.05) is 45.8 Å². The van der Waals surface area contributed by atoms with E-state index in [9.17, 15) is 9.46 Å². The van der Waals surface area contributed by atoms with Crippen LogP contribution in [0.3, 0.4) is 0 Å². The monoisotopic (exact) mass is 384 g/mol. The third kappa shape index (κ3) is 5.14. The summed E-state index contributed by atoms with van der Waals surface area (Å²) in [6, 6.07) is -0.981. The molecule has 0 bridgehead atoms. The Balaban J connectivity index is 1.95. The van der Waals surface area contributed by atoms with Gasteiger partial charge in [0.25, 0.3) is 7.82 Å². The molecule has 2 aliphatic rings. The summed E-state index contributed by atoms with van der Waals surface area (Å²) in [5.41, 5.74) is 0. The highest BCUT2D eigenvalue weighted by atomic mass is 31.2. The smallest absolute Gasteiger partial charge is 0.268 e. The molecule has 0 aliphatic carbocycles. The minimum Gasteiger partial charge on any atom is -0.756 e. The third-order valence-electron chi connectivity index (χ3n) is 4.91. The highest BCUT2D eigenvalue weighted by molar-refractivity contribution is 7.45. The van der Waals surface area contributed by atoms with E-state index < -0.39 is 32.1 Å². The molecule has 2 fully saturated rings. The van der Waals surface area contributed by atoms with Crippen molar-refractivity contribution in [3.63, 3.8) is 0 Å². The average molecular weight is 384 g/mol. The van der Waals surface area contributed by atoms with Crippen LogP contribution >= 0.6 is 7.82 Å². The summed E-state index contributed by atoms with van der Waals surface area (Å²) in [5, 5.41) is 0. The molecule has 2 rings (SSSR count). The summed E-state index contributed by atoms with van der Waals surface area (Å²) in [6.45, 7) is 3.57. The molecule has 2 aliphatic heterocycles. The van der Waals surface area contributed by atoms with E-state index in [1.165, 1.54) is 21.4 Å². The Morgan fingerprint density at radius 2 is 1.77 bits per heavy atom. The average Bonchev–Trinajstić information content (AvgIpc) is 3.04. The van der Waals surface area contributed by atoms with E-state index >= 15 is 0 Å². The van der Waals surface area contributed by atoms with E-state index in [1.807, 2.05) is 6.92 Å². The molecule has 26 heavy (non-hydrogen) atoms. The number of hydrogen-bond donors (Lipinski definition) is 0. The van der Waals surface area contributed by atoms with Gasteiger partial charge in [0.15, 0.2) is 0 Å². The van der Waals surface area contributed by atoms with Gasteiger partial charge in [-0.1, -0.05) is 13.8 Å². The first kappa shape index (κ1) is 22.4. The molecule has 2 heterocycles. The van der Waals surface area contributed by atoms with E-state index in [0.717, 1.165) is 0 Å². The fraction of sp³-hybridized carbons (Fsp3) is 1.00. The van der Waals surface area contributed by atoms with Crippen molar-refractivity contribution in [2.75, 3.05) is 27.4 Å². The molecular formula is C14H24B3O8P-. The standard InChI is InChI=1S/C14H25B3O8P/c1-7-12(9(5-20-3)23-13(7)15)25-26(18,19)22-6-10-11(21-4)8(2)14(17-16)24-10/h7-14H,5-6H2,1-4H3,(H,18,19)/p-1/t7-,8-,9+,10+,11?,12?,13+,14+/m0/s1. The lowest BCUT2D eigenvalue weighted by atomic mass is 9.49. The number of phosphoric ester groups is 1. The topological polar surface area (TPSA) is 95.5 Å². The highest BCUT2D eigenvalue weighted by Crippen LogP contribution is 2.45. The molecule has 2 saturated heterocycles. The van der Waals surface area contributed by atoms with Crippen LogP contribution in [0, 0.1) is 11.8 Å². The number of rotatable bonds is 9. The fourth-order valence-electron chi connectivity index (χ4n) is 3.39. The van der Waals surface area contributed by atoms with Gasteiger partial charge in [0.2, 0.25) is 0 Å². The van der Waals surface area contributed by atoms with Crippen LogP contribution in [0.4, 0.5) is 0 Å². The lowest BCUT2D eigenvalue weighted by Crippen LogP contribution is -2.35. The quantitative estimate of drug-likeness (QED) is 0.377. The predicted octanol–water partition coefficient (Wildman–Crippen LogP) is -0.804. The number of methoxy groups -OCH3 is 2. The Labute approximate surface area is 158 Å². The maximum atomic E-state index is 12.3. The number of ether oxygens (including phenoxy) is 4. The Kier molecular flexibility index (Phi) is 8.25. The molecular weight excluding hydrogens is 360 g/mol. The zero-order chi connectivity index (χ0) is 19.5. The zero-order valence-electron chi connectivity index (χ0n) is 15.5. The summed E-state index contributed by atoms with van der Waals surface area (Å²) in [5.74, 6) is -0.371. The fourth-order valence-corrected chi connectivity index (χ4v) is 4.40. The van der Waals surface area contributed by atoms with Gasteiger partial charge in [-0.3, -0.25) is 4.57 Å². The van der Waals surface area contributed by atoms with Crippen LogP contribution in [-0.2, 0) is 32.6 Å². The molecule has 12 heteroatoms. The second kappa shape index (κ2) is 9.57. The molecule has 0 aromatic rings. The Morgan fingerprint density at radius 3 is 2.35 bits per heavy atom. The van der Waals surface area contributed by atoms with E-state index in [-0.39, 0.29) is 37.2 Å². The molecule has 0 spiro atoms. The van der Waals surface area contributed by atoms with Gasteiger partial charge in [0.1, 0.15) is 20.1 Å². The van der Waals surface area contributed by atoms with E-state index in [0.29, 0.717) is 0 Å². The minimum atomic E-state index is -4.62. The molecule has 0 aromatic carbocycles. The second-order valence-corrected chi connectivity index (χ2v) is 8.02. The maximum absolute atomic E-state index is 12.3. The van der Waals surface area contributed by atoms with Crippen LogP contribution in [0.25, 0.3) is 0 Å². The molecule has 0 aromatic heterocycles. The zero-order valence-corrected chi connectivity index (χ0v) is 16.4. The first-order valence-electron chi connectivity index (χ1n) is 8.51. The molecule has 143 valence electrons. The molecule has 0 saturated carbocycles. The van der Waals surface area contributed by atoms with Crippen molar-refractivity contribution < 1.29 is 37.5 Å². The summed E-state index contributed by atoms with van der Waals surface area (Å²) < 4.78 is 44.1. The van der Waals surface area contributed by atoms with E-state index in [4.69, 9.17) is 43.6 Å². The number of phosphoric acid groups is 1. The van der Waals surface area contributed by atoms with Gasteiger partial charge in [-0.25, -0.2) is 0 Å². The molecule has 8 nitrogen and oxygen atoms in total. The van der Waals surface area contributed by atoms with Crippen molar-refractivity contribution in [3.05, 3.63) is 0 Å². The molecule has 0 amide bonds. The molecule has 5 radical (unpaired) electrons. The lowest BCUT2D eigenvalue weighted by Gasteiger charge is -2.31. The first-order chi connectivity index (χ1) is 12.2. The van der Waals surface area contributed by atoms with Crippen molar-refractivity contribution in [2.45, 2.75) is 50.3 Å². The van der Waals surface area contributed by atoms with E-state index in [1.54, 1.807) is 6.92 Å². The third-order valence-corrected chi connectivity index (χ3v) is 5.88. The lowest BCUT2D eigenvalue weighted by molar-refractivity contribution is -0.235. The highest BCUT2D eigenvalue weighted by Gasteiger charge is 2.44. The van der Waals surface area contributed by atoms with Gasteiger partial charge in [-0.2, -0.15) is 0 Å². The van der Waals surface area contributed by atoms with Gasteiger partial charge in [0.05, 0.1) is 32.6 Å². The van der Waals surface area contributed by atoms with Crippen LogP contribution in [0.5, 0.6) is 0 Å². The largest absolute Gasteiger partial charge is 0.756 e. The van der Waals surface area contributed by atoms with Crippen LogP contribution in [0.2, 0.25) is 0 Å². The van der Waals surface area contributed by atoms with Crippen molar-refractivity contribution in [1.29, 1.82) is 0 Å². The Morgan fingerprint density at radius 1 is 1.12 bits per heavy atom. The molecule has 0 N–H and O–H groups in total. The van der Waals surface area contributed by atoms with Crippen LogP contribution in [0.1, 0.15) is 13.8 Å². The van der Waals surface area contributed by atoms with E-state index in [2.05, 4.69) is 0 Å². The summed E-state index contributed by atoms with van der Waals surface area (Å²) in [7, 11) is 11.2. The predicted molar refractivity (Wildman–Crippen MR) is 94.0 cm³/mol. The normalized spacial score (nSPS) is 42.7. The molecule has 3 unspecified atom stereocenters. The maximum Gasteiger partial charge on any atom is 0.268 e. The van der Waals surface area contributed by atoms with Gasteiger partial charge < -0.3 is 32.9 Å². The minimum absolute atomic E-state index is 0.0297. The van der Waals surface area contributed by atoms with Gasteiger partial charge in [-0.05, 0) is 0 Å². The van der Waals surface area contributed by atoms with Crippen molar-refractivity contribution in [1.82, 2.24) is 0 Å².